The molecule has 0 aromatic heterocycles. The molecule has 0 unspecified atom stereocenters. The second-order valence-electron chi connectivity index (χ2n) is 11.0. The quantitative estimate of drug-likeness (QED) is 0.626. The zero-order valence-electron chi connectivity index (χ0n) is 20.4. The summed E-state index contributed by atoms with van der Waals surface area (Å²) in [6, 6.07) is 6.32. The van der Waals surface area contributed by atoms with E-state index in [-0.39, 0.29) is 17.6 Å². The number of carbonyl (C=O) groups is 1. The monoisotopic (exact) mass is 442 g/mol. The van der Waals surface area contributed by atoms with Gasteiger partial charge in [0.15, 0.2) is 0 Å². The molecule has 3 aliphatic carbocycles. The SMILES string of the molecule is CCCC[C@@H]1Cc2cc(OC(=O)NCCN(C)C)ccc2[C@H]2CC[C@]3(C)[C@@H](O)CC[C@H]3[C@H]12. The Labute approximate surface area is 193 Å². The number of hydrogen-bond acceptors (Lipinski definition) is 4. The molecule has 178 valence electrons. The van der Waals surface area contributed by atoms with Gasteiger partial charge in [-0.25, -0.2) is 4.79 Å². The molecule has 5 heteroatoms. The largest absolute Gasteiger partial charge is 0.412 e. The highest BCUT2D eigenvalue weighted by Crippen LogP contribution is 2.62. The molecular formula is C27H42N2O3. The molecule has 0 radical (unpaired) electrons. The van der Waals surface area contributed by atoms with E-state index in [2.05, 4.69) is 31.3 Å². The molecule has 0 saturated heterocycles. The minimum atomic E-state index is -0.378. The molecule has 1 aromatic carbocycles. The van der Waals surface area contributed by atoms with Crippen LogP contribution in [0.15, 0.2) is 18.2 Å². The van der Waals surface area contributed by atoms with Gasteiger partial charge in [0.2, 0.25) is 0 Å². The normalized spacial score (nSPS) is 33.4. The second kappa shape index (κ2) is 9.72. The summed E-state index contributed by atoms with van der Waals surface area (Å²) in [5.74, 6) is 3.19. The lowest BCUT2D eigenvalue weighted by molar-refractivity contribution is -0.0395. The van der Waals surface area contributed by atoms with Crippen LogP contribution in [-0.4, -0.2) is 49.4 Å². The van der Waals surface area contributed by atoms with Crippen LogP contribution < -0.4 is 10.1 Å². The smallest absolute Gasteiger partial charge is 0.410 e. The highest BCUT2D eigenvalue weighted by molar-refractivity contribution is 5.70. The van der Waals surface area contributed by atoms with Crippen molar-refractivity contribution in [3.63, 3.8) is 0 Å². The van der Waals surface area contributed by atoms with E-state index in [4.69, 9.17) is 4.74 Å². The van der Waals surface area contributed by atoms with Crippen LogP contribution in [0.2, 0.25) is 0 Å². The maximum Gasteiger partial charge on any atom is 0.412 e. The number of ether oxygens (including phenoxy) is 1. The summed E-state index contributed by atoms with van der Waals surface area (Å²) >= 11 is 0. The Morgan fingerprint density at radius 3 is 2.84 bits per heavy atom. The minimum absolute atomic E-state index is 0.0941. The molecule has 6 atom stereocenters. The molecule has 1 amide bonds. The number of carbonyl (C=O) groups excluding carboxylic acids is 1. The van der Waals surface area contributed by atoms with Crippen molar-refractivity contribution in [1.29, 1.82) is 0 Å². The van der Waals surface area contributed by atoms with E-state index >= 15 is 0 Å². The van der Waals surface area contributed by atoms with Crippen LogP contribution >= 0.6 is 0 Å². The summed E-state index contributed by atoms with van der Waals surface area (Å²) in [5, 5.41) is 13.6. The number of amides is 1. The minimum Gasteiger partial charge on any atom is -0.410 e. The van der Waals surface area contributed by atoms with Crippen molar-refractivity contribution in [2.45, 2.75) is 77.2 Å². The highest BCUT2D eigenvalue weighted by atomic mass is 16.6. The number of benzene rings is 1. The number of hydrogen-bond donors (Lipinski definition) is 2. The summed E-state index contributed by atoms with van der Waals surface area (Å²) < 4.78 is 5.61. The fourth-order valence-corrected chi connectivity index (χ4v) is 7.08. The summed E-state index contributed by atoms with van der Waals surface area (Å²) in [4.78, 5) is 14.2. The number of aliphatic hydroxyl groups excluding tert-OH is 1. The summed E-state index contributed by atoms with van der Waals surface area (Å²) in [6.07, 6.45) is 8.72. The Morgan fingerprint density at radius 2 is 2.09 bits per heavy atom. The van der Waals surface area contributed by atoms with Crippen LogP contribution in [0.5, 0.6) is 5.75 Å². The predicted molar refractivity (Wildman–Crippen MR) is 128 cm³/mol. The van der Waals surface area contributed by atoms with Crippen molar-refractivity contribution in [2.24, 2.45) is 23.2 Å². The van der Waals surface area contributed by atoms with Crippen LogP contribution in [0.4, 0.5) is 4.79 Å². The number of rotatable bonds is 7. The third-order valence-electron chi connectivity index (χ3n) is 8.79. The van der Waals surface area contributed by atoms with Gasteiger partial charge in [0.25, 0.3) is 0 Å². The van der Waals surface area contributed by atoms with E-state index in [1.807, 2.05) is 25.1 Å². The fourth-order valence-electron chi connectivity index (χ4n) is 7.08. The van der Waals surface area contributed by atoms with Crippen molar-refractivity contribution in [3.8, 4) is 5.75 Å². The predicted octanol–water partition coefficient (Wildman–Crippen LogP) is 4.97. The Balaban J connectivity index is 1.54. The van der Waals surface area contributed by atoms with E-state index < -0.39 is 0 Å². The molecule has 2 N–H and O–H groups in total. The molecule has 3 aliphatic rings. The van der Waals surface area contributed by atoms with E-state index in [1.54, 1.807) is 0 Å². The van der Waals surface area contributed by atoms with Crippen LogP contribution in [0, 0.1) is 23.2 Å². The first-order chi connectivity index (χ1) is 15.3. The molecule has 5 nitrogen and oxygen atoms in total. The number of nitrogens with zero attached hydrogens (tertiary/aromatic N) is 1. The summed E-state index contributed by atoms with van der Waals surface area (Å²) in [5.41, 5.74) is 2.93. The van der Waals surface area contributed by atoms with E-state index in [9.17, 15) is 9.90 Å². The molecule has 4 rings (SSSR count). The Bertz CT molecular complexity index is 810. The summed E-state index contributed by atoms with van der Waals surface area (Å²) in [6.45, 7) is 5.99. The lowest BCUT2D eigenvalue weighted by atomic mass is 9.52. The maximum atomic E-state index is 12.2. The average Bonchev–Trinajstić information content (AvgIpc) is 3.06. The number of aliphatic hydroxyl groups is 1. The third-order valence-corrected chi connectivity index (χ3v) is 8.79. The molecule has 0 bridgehead atoms. The van der Waals surface area contributed by atoms with E-state index in [0.717, 1.165) is 32.2 Å². The first-order valence-electron chi connectivity index (χ1n) is 12.7. The van der Waals surface area contributed by atoms with Crippen LogP contribution in [0.3, 0.4) is 0 Å². The van der Waals surface area contributed by atoms with Gasteiger partial charge in [-0.2, -0.15) is 0 Å². The zero-order valence-corrected chi connectivity index (χ0v) is 20.4. The fraction of sp³-hybridized carbons (Fsp3) is 0.741. The number of unbranched alkanes of at least 4 members (excludes halogenated alkanes) is 1. The van der Waals surface area contributed by atoms with Crippen molar-refractivity contribution >= 4 is 6.09 Å². The molecule has 0 aliphatic heterocycles. The van der Waals surface area contributed by atoms with Crippen molar-refractivity contribution in [3.05, 3.63) is 29.3 Å². The molecule has 32 heavy (non-hydrogen) atoms. The van der Waals surface area contributed by atoms with Gasteiger partial charge >= 0.3 is 6.09 Å². The van der Waals surface area contributed by atoms with Gasteiger partial charge in [-0.15, -0.1) is 0 Å². The van der Waals surface area contributed by atoms with Crippen molar-refractivity contribution in [2.75, 3.05) is 27.2 Å². The lowest BCUT2D eigenvalue weighted by Gasteiger charge is -2.53. The molecular weight excluding hydrogens is 400 g/mol. The third kappa shape index (κ3) is 4.56. The van der Waals surface area contributed by atoms with E-state index in [0.29, 0.717) is 36.0 Å². The van der Waals surface area contributed by atoms with Crippen molar-refractivity contribution in [1.82, 2.24) is 10.2 Å². The number of fused-ring (bicyclic) bond motifs is 5. The second-order valence-corrected chi connectivity index (χ2v) is 11.0. The molecule has 2 saturated carbocycles. The molecule has 1 aromatic rings. The van der Waals surface area contributed by atoms with Gasteiger partial charge in [0.05, 0.1) is 6.10 Å². The Hall–Kier alpha value is -1.59. The molecule has 2 fully saturated rings. The zero-order chi connectivity index (χ0) is 22.9. The highest BCUT2D eigenvalue weighted by Gasteiger charge is 2.56. The van der Waals surface area contributed by atoms with Crippen LogP contribution in [-0.2, 0) is 6.42 Å². The van der Waals surface area contributed by atoms with Gasteiger partial charge in [0.1, 0.15) is 5.75 Å². The molecule has 0 heterocycles. The lowest BCUT2D eigenvalue weighted by Crippen LogP contribution is -2.47. The number of nitrogens with one attached hydrogen (secondary N) is 1. The average molecular weight is 443 g/mol. The van der Waals surface area contributed by atoms with Gasteiger partial charge < -0.3 is 20.1 Å². The number of likely N-dealkylation sites (N-methyl/N-ethyl adjacent to an activating group) is 1. The molecule has 0 spiro atoms. The van der Waals surface area contributed by atoms with Crippen LogP contribution in [0.1, 0.15) is 75.8 Å². The van der Waals surface area contributed by atoms with Gasteiger partial charge in [-0.05, 0) is 105 Å². The van der Waals surface area contributed by atoms with Crippen LogP contribution in [0.25, 0.3) is 0 Å². The first kappa shape index (κ1) is 23.6. The standard InChI is InChI=1S/C27H42N2O3/c1-5-6-7-18-16-19-17-20(32-26(31)28-14-15-29(3)4)8-9-21(19)22-12-13-27(2)23(25(18)22)10-11-24(27)30/h8-9,17-18,22-25,30H,5-7,10-16H2,1-4H3,(H,28,31)/t18-,22-,23+,24+,25-,27+/m1/s1. The summed E-state index contributed by atoms with van der Waals surface area (Å²) in [7, 11) is 3.97. The van der Waals surface area contributed by atoms with Gasteiger partial charge in [-0.3, -0.25) is 0 Å². The van der Waals surface area contributed by atoms with Gasteiger partial charge in [-0.1, -0.05) is 32.8 Å². The Morgan fingerprint density at radius 1 is 1.28 bits per heavy atom. The van der Waals surface area contributed by atoms with Crippen molar-refractivity contribution < 1.29 is 14.6 Å². The topological polar surface area (TPSA) is 61.8 Å². The van der Waals surface area contributed by atoms with Gasteiger partial charge in [0, 0.05) is 13.1 Å². The Kier molecular flexibility index (Phi) is 7.16. The maximum absolute atomic E-state index is 12.2. The first-order valence-corrected chi connectivity index (χ1v) is 12.7. The van der Waals surface area contributed by atoms with E-state index in [1.165, 1.54) is 36.8 Å².